The minimum Gasteiger partial charge on any atom is -0.490 e. The number of nitrogens with zero attached hydrogens (tertiary/aromatic N) is 1. The lowest BCUT2D eigenvalue weighted by atomic mass is 10.1. The van der Waals surface area contributed by atoms with Gasteiger partial charge in [-0.15, -0.1) is 0 Å². The van der Waals surface area contributed by atoms with Crippen molar-refractivity contribution in [2.75, 3.05) is 24.8 Å². The van der Waals surface area contributed by atoms with Crippen LogP contribution in [0.1, 0.15) is 19.4 Å². The van der Waals surface area contributed by atoms with Crippen LogP contribution >= 0.6 is 27.5 Å². The van der Waals surface area contributed by atoms with E-state index in [-0.39, 0.29) is 18.8 Å². The van der Waals surface area contributed by atoms with E-state index in [2.05, 4.69) is 21.4 Å². The molecule has 1 heterocycles. The number of esters is 1. The summed E-state index contributed by atoms with van der Waals surface area (Å²) in [4.78, 5) is 37.0. The molecule has 0 atom stereocenters. The van der Waals surface area contributed by atoms with Gasteiger partial charge in [0.25, 0.3) is 11.8 Å². The van der Waals surface area contributed by atoms with E-state index in [0.29, 0.717) is 38.9 Å². The number of hydrogen-bond acceptors (Lipinski definition) is 6. The van der Waals surface area contributed by atoms with E-state index < -0.39 is 17.8 Å². The fraction of sp³-hybridized carbons (Fsp3) is 0.227. The molecule has 1 saturated heterocycles. The maximum Gasteiger partial charge on any atom is 0.344 e. The number of ether oxygens (including phenoxy) is 3. The molecule has 2 aromatic rings. The van der Waals surface area contributed by atoms with Crippen LogP contribution in [-0.4, -0.2) is 37.6 Å². The van der Waals surface area contributed by atoms with Gasteiger partial charge in [-0.1, -0.05) is 33.6 Å². The maximum absolute atomic E-state index is 12.9. The number of rotatable bonds is 8. The van der Waals surface area contributed by atoms with E-state index in [1.165, 1.54) is 6.08 Å². The Bertz CT molecular complexity index is 1090. The second-order valence-corrected chi connectivity index (χ2v) is 7.76. The van der Waals surface area contributed by atoms with Gasteiger partial charge in [0.15, 0.2) is 18.1 Å². The molecular weight excluding hydrogens is 504 g/mol. The smallest absolute Gasteiger partial charge is 0.344 e. The molecule has 168 valence electrons. The fourth-order valence-electron chi connectivity index (χ4n) is 2.89. The van der Waals surface area contributed by atoms with Gasteiger partial charge in [-0.3, -0.25) is 15.0 Å². The Hall–Kier alpha value is -3.04. The van der Waals surface area contributed by atoms with E-state index in [0.717, 1.165) is 5.01 Å². The van der Waals surface area contributed by atoms with Gasteiger partial charge in [0.1, 0.15) is 5.57 Å². The summed E-state index contributed by atoms with van der Waals surface area (Å²) in [6, 6.07) is 9.79. The highest BCUT2D eigenvalue weighted by atomic mass is 79.9. The summed E-state index contributed by atoms with van der Waals surface area (Å²) in [7, 11) is 0. The normalized spacial score (nSPS) is 14.5. The van der Waals surface area contributed by atoms with Crippen LogP contribution in [0.5, 0.6) is 11.5 Å². The van der Waals surface area contributed by atoms with Crippen molar-refractivity contribution in [2.45, 2.75) is 13.8 Å². The lowest BCUT2D eigenvalue weighted by Crippen LogP contribution is -2.35. The summed E-state index contributed by atoms with van der Waals surface area (Å²) < 4.78 is 16.5. The number of carbonyl (C=O) groups is 3. The van der Waals surface area contributed by atoms with Gasteiger partial charge in [-0.25, -0.2) is 9.80 Å². The molecule has 1 fully saturated rings. The topological polar surface area (TPSA) is 94.2 Å². The Balaban J connectivity index is 1.90. The van der Waals surface area contributed by atoms with Gasteiger partial charge in [-0.05, 0) is 55.8 Å². The van der Waals surface area contributed by atoms with Crippen molar-refractivity contribution in [1.29, 1.82) is 0 Å². The molecular formula is C22H20BrClN2O6. The highest BCUT2D eigenvalue weighted by Gasteiger charge is 2.34. The average Bonchev–Trinajstić information content (AvgIpc) is 3.03. The fourth-order valence-corrected chi connectivity index (χ4v) is 3.51. The highest BCUT2D eigenvalue weighted by molar-refractivity contribution is 9.10. The number of benzene rings is 2. The summed E-state index contributed by atoms with van der Waals surface area (Å²) in [5.74, 6) is -0.917. The lowest BCUT2D eigenvalue weighted by Gasteiger charge is -2.14. The van der Waals surface area contributed by atoms with E-state index in [9.17, 15) is 14.4 Å². The van der Waals surface area contributed by atoms with Crippen molar-refractivity contribution in [3.05, 3.63) is 57.0 Å². The van der Waals surface area contributed by atoms with Crippen LogP contribution in [0.4, 0.5) is 5.69 Å². The van der Waals surface area contributed by atoms with Crippen molar-refractivity contribution in [1.82, 2.24) is 5.43 Å². The average molecular weight is 524 g/mol. The van der Waals surface area contributed by atoms with Gasteiger partial charge in [0.05, 0.1) is 18.9 Å². The van der Waals surface area contributed by atoms with E-state index in [1.807, 2.05) is 0 Å². The number of halogens is 2. The molecule has 2 aromatic carbocycles. The summed E-state index contributed by atoms with van der Waals surface area (Å²) in [6.07, 6.45) is 1.45. The number of carbonyl (C=O) groups excluding carboxylic acids is 3. The third-order valence-corrected chi connectivity index (χ3v) is 5.19. The van der Waals surface area contributed by atoms with Gasteiger partial charge in [-0.2, -0.15) is 0 Å². The summed E-state index contributed by atoms with van der Waals surface area (Å²) in [5, 5.41) is 1.57. The van der Waals surface area contributed by atoms with Crippen molar-refractivity contribution < 1.29 is 28.6 Å². The van der Waals surface area contributed by atoms with E-state index in [1.54, 1.807) is 50.2 Å². The molecule has 0 aromatic heterocycles. The molecule has 2 amide bonds. The van der Waals surface area contributed by atoms with Crippen LogP contribution in [0, 0.1) is 0 Å². The molecule has 0 radical (unpaired) electrons. The summed E-state index contributed by atoms with van der Waals surface area (Å²) in [5.41, 5.74) is 3.42. The second-order valence-electron chi connectivity index (χ2n) is 6.47. The number of amides is 2. The first kappa shape index (κ1) is 23.6. The van der Waals surface area contributed by atoms with Gasteiger partial charge < -0.3 is 14.2 Å². The van der Waals surface area contributed by atoms with E-state index >= 15 is 0 Å². The quantitative estimate of drug-likeness (QED) is 0.320. The molecule has 8 nitrogen and oxygen atoms in total. The molecule has 0 bridgehead atoms. The molecule has 1 aliphatic heterocycles. The van der Waals surface area contributed by atoms with Gasteiger partial charge in [0, 0.05) is 9.50 Å². The minimum atomic E-state index is -0.553. The molecule has 10 heteroatoms. The van der Waals surface area contributed by atoms with Crippen molar-refractivity contribution >= 4 is 57.1 Å². The molecule has 0 aliphatic carbocycles. The lowest BCUT2D eigenvalue weighted by molar-refractivity contribution is -0.145. The second kappa shape index (κ2) is 10.5. The predicted molar refractivity (Wildman–Crippen MR) is 122 cm³/mol. The Labute approximate surface area is 198 Å². The van der Waals surface area contributed by atoms with Gasteiger partial charge in [0.2, 0.25) is 0 Å². The Morgan fingerprint density at radius 3 is 2.56 bits per heavy atom. The standard InChI is InChI=1S/C22H20BrClN2O6/c1-3-30-18-9-13(17(23)11-19(18)32-12-20(27)31-4-2)8-16-21(28)25-26(22(16)29)15-7-5-6-14(24)10-15/h5-11H,3-4,12H2,1-2H3,(H,25,28)/b16-8-. The van der Waals surface area contributed by atoms with Crippen LogP contribution in [0.15, 0.2) is 46.4 Å². The third kappa shape index (κ3) is 5.41. The number of hydrogen-bond donors (Lipinski definition) is 1. The maximum atomic E-state index is 12.9. The van der Waals surface area contributed by atoms with Crippen LogP contribution in [0.3, 0.4) is 0 Å². The number of hydrazine groups is 1. The molecule has 0 saturated carbocycles. The Kier molecular flexibility index (Phi) is 7.76. The zero-order chi connectivity index (χ0) is 23.3. The molecule has 1 N–H and O–H groups in total. The molecule has 1 aliphatic rings. The zero-order valence-electron chi connectivity index (χ0n) is 17.3. The van der Waals surface area contributed by atoms with Crippen molar-refractivity contribution in [2.24, 2.45) is 0 Å². The van der Waals surface area contributed by atoms with Crippen LogP contribution in [-0.2, 0) is 19.1 Å². The Morgan fingerprint density at radius 2 is 1.88 bits per heavy atom. The van der Waals surface area contributed by atoms with Crippen LogP contribution < -0.4 is 19.9 Å². The largest absolute Gasteiger partial charge is 0.490 e. The first-order valence-electron chi connectivity index (χ1n) is 9.71. The molecule has 0 spiro atoms. The Morgan fingerprint density at radius 1 is 1.12 bits per heavy atom. The number of anilines is 1. The number of nitrogens with one attached hydrogen (secondary N) is 1. The van der Waals surface area contributed by atoms with Gasteiger partial charge >= 0.3 is 5.97 Å². The molecule has 32 heavy (non-hydrogen) atoms. The minimum absolute atomic E-state index is 0.0617. The first-order valence-corrected chi connectivity index (χ1v) is 10.9. The summed E-state index contributed by atoms with van der Waals surface area (Å²) in [6.45, 7) is 3.81. The van der Waals surface area contributed by atoms with E-state index in [4.69, 9.17) is 25.8 Å². The first-order chi connectivity index (χ1) is 15.3. The monoisotopic (exact) mass is 522 g/mol. The van der Waals surface area contributed by atoms with Crippen molar-refractivity contribution in [3.63, 3.8) is 0 Å². The zero-order valence-corrected chi connectivity index (χ0v) is 19.7. The van der Waals surface area contributed by atoms with Crippen LogP contribution in [0.25, 0.3) is 6.08 Å². The predicted octanol–water partition coefficient (Wildman–Crippen LogP) is 3.90. The SMILES string of the molecule is CCOC(=O)COc1cc(Br)c(/C=C2/C(=O)NN(c3cccc(Cl)c3)C2=O)cc1OCC. The highest BCUT2D eigenvalue weighted by Crippen LogP contribution is 2.35. The molecule has 0 unspecified atom stereocenters. The molecule has 3 rings (SSSR count). The van der Waals surface area contributed by atoms with Crippen molar-refractivity contribution in [3.8, 4) is 11.5 Å². The third-order valence-electron chi connectivity index (χ3n) is 4.27. The van der Waals surface area contributed by atoms with Crippen LogP contribution in [0.2, 0.25) is 5.02 Å². The summed E-state index contributed by atoms with van der Waals surface area (Å²) >= 11 is 9.41.